The van der Waals surface area contributed by atoms with Crippen molar-refractivity contribution >= 4 is 11.9 Å². The zero-order valence-corrected chi connectivity index (χ0v) is 8.46. The highest BCUT2D eigenvalue weighted by molar-refractivity contribution is 6.05. The number of H-pyrrole nitrogens is 1. The second-order valence-corrected chi connectivity index (χ2v) is 3.07. The molecule has 0 aliphatic carbocycles. The topological polar surface area (TPSA) is 45.8 Å². The lowest BCUT2D eigenvalue weighted by Gasteiger charge is -1.90. The normalized spacial score (nSPS) is 10.0. The summed E-state index contributed by atoms with van der Waals surface area (Å²) in [6, 6.07) is 11.3. The molecule has 1 heterocycles. The molecule has 0 bridgehead atoms. The van der Waals surface area contributed by atoms with Crippen molar-refractivity contribution in [3.05, 3.63) is 59.9 Å². The van der Waals surface area contributed by atoms with Gasteiger partial charge in [0.25, 0.3) is 0 Å². The second-order valence-electron chi connectivity index (χ2n) is 3.07. The SMILES string of the molecule is F.O=C(C=Cc1ccccc1)c1cc[nH]n1. The first-order valence-electron chi connectivity index (χ1n) is 4.63. The van der Waals surface area contributed by atoms with Crippen LogP contribution >= 0.6 is 0 Å². The monoisotopic (exact) mass is 218 g/mol. The van der Waals surface area contributed by atoms with E-state index < -0.39 is 0 Å². The zero-order chi connectivity index (χ0) is 10.5. The third kappa shape index (κ3) is 2.88. The van der Waals surface area contributed by atoms with E-state index in [1.54, 1.807) is 18.3 Å². The highest BCUT2D eigenvalue weighted by Crippen LogP contribution is 2.03. The van der Waals surface area contributed by atoms with Crippen molar-refractivity contribution in [3.63, 3.8) is 0 Å². The van der Waals surface area contributed by atoms with Gasteiger partial charge in [-0.1, -0.05) is 36.4 Å². The summed E-state index contributed by atoms with van der Waals surface area (Å²) in [4.78, 5) is 11.5. The van der Waals surface area contributed by atoms with Crippen molar-refractivity contribution < 1.29 is 9.50 Å². The fourth-order valence-corrected chi connectivity index (χ4v) is 1.22. The minimum absolute atomic E-state index is 0. The first kappa shape index (κ1) is 11.8. The summed E-state index contributed by atoms with van der Waals surface area (Å²) in [6.07, 6.45) is 4.92. The Labute approximate surface area is 92.2 Å². The molecule has 0 radical (unpaired) electrons. The maximum atomic E-state index is 11.5. The third-order valence-corrected chi connectivity index (χ3v) is 1.98. The van der Waals surface area contributed by atoms with Gasteiger partial charge < -0.3 is 0 Å². The minimum atomic E-state index is -0.0971. The number of carbonyl (C=O) groups excluding carboxylic acids is 1. The van der Waals surface area contributed by atoms with Crippen molar-refractivity contribution in [2.24, 2.45) is 0 Å². The summed E-state index contributed by atoms with van der Waals surface area (Å²) >= 11 is 0. The molecule has 0 aliphatic rings. The Morgan fingerprint density at radius 1 is 1.19 bits per heavy atom. The number of hydrogen-bond acceptors (Lipinski definition) is 2. The van der Waals surface area contributed by atoms with Gasteiger partial charge in [-0.2, -0.15) is 5.10 Å². The number of hydrogen-bond donors (Lipinski definition) is 1. The molecule has 16 heavy (non-hydrogen) atoms. The fourth-order valence-electron chi connectivity index (χ4n) is 1.22. The summed E-state index contributed by atoms with van der Waals surface area (Å²) in [5, 5.41) is 6.41. The van der Waals surface area contributed by atoms with Gasteiger partial charge >= 0.3 is 0 Å². The first-order chi connectivity index (χ1) is 7.36. The van der Waals surface area contributed by atoms with Gasteiger partial charge in [0, 0.05) is 6.20 Å². The Morgan fingerprint density at radius 3 is 2.56 bits per heavy atom. The van der Waals surface area contributed by atoms with Crippen LogP contribution in [-0.4, -0.2) is 16.0 Å². The van der Waals surface area contributed by atoms with Crippen molar-refractivity contribution in [1.82, 2.24) is 10.2 Å². The number of aromatic amines is 1. The molecule has 2 rings (SSSR count). The zero-order valence-electron chi connectivity index (χ0n) is 8.46. The number of aromatic nitrogens is 2. The third-order valence-electron chi connectivity index (χ3n) is 1.98. The second kappa shape index (κ2) is 5.60. The summed E-state index contributed by atoms with van der Waals surface area (Å²) in [7, 11) is 0. The van der Waals surface area contributed by atoms with E-state index in [0.29, 0.717) is 5.69 Å². The van der Waals surface area contributed by atoms with Crippen molar-refractivity contribution in [1.29, 1.82) is 0 Å². The lowest BCUT2D eigenvalue weighted by molar-refractivity contribution is 0.104. The highest BCUT2D eigenvalue weighted by atomic mass is 19.0. The number of nitrogens with zero attached hydrogens (tertiary/aromatic N) is 1. The van der Waals surface area contributed by atoms with E-state index in [0.717, 1.165) is 5.56 Å². The summed E-state index contributed by atoms with van der Waals surface area (Å²) in [6.45, 7) is 0. The maximum absolute atomic E-state index is 11.5. The molecule has 3 nitrogen and oxygen atoms in total. The largest absolute Gasteiger partial charge is 0.287 e. The summed E-state index contributed by atoms with van der Waals surface area (Å²) < 4.78 is 0. The molecule has 0 spiro atoms. The first-order valence-corrected chi connectivity index (χ1v) is 4.63. The van der Waals surface area contributed by atoms with Gasteiger partial charge in [-0.15, -0.1) is 0 Å². The van der Waals surface area contributed by atoms with Gasteiger partial charge in [0.2, 0.25) is 5.78 Å². The molecule has 0 amide bonds. The van der Waals surface area contributed by atoms with E-state index in [1.165, 1.54) is 6.08 Å². The van der Waals surface area contributed by atoms with E-state index in [1.807, 2.05) is 30.3 Å². The van der Waals surface area contributed by atoms with E-state index in [2.05, 4.69) is 10.2 Å². The van der Waals surface area contributed by atoms with Gasteiger partial charge in [-0.3, -0.25) is 14.6 Å². The van der Waals surface area contributed by atoms with Crippen LogP contribution in [0.4, 0.5) is 4.70 Å². The van der Waals surface area contributed by atoms with Crippen molar-refractivity contribution in [2.75, 3.05) is 0 Å². The molecule has 0 aliphatic heterocycles. The summed E-state index contributed by atoms with van der Waals surface area (Å²) in [5.74, 6) is -0.0971. The van der Waals surface area contributed by atoms with Gasteiger partial charge in [0.1, 0.15) is 5.69 Å². The smallest absolute Gasteiger partial charge is 0.206 e. The lowest BCUT2D eigenvalue weighted by atomic mass is 10.2. The van der Waals surface area contributed by atoms with Crippen LogP contribution in [0.3, 0.4) is 0 Å². The number of allylic oxidation sites excluding steroid dienone is 1. The number of ketones is 1. The average molecular weight is 218 g/mol. The Bertz CT molecular complexity index is 463. The lowest BCUT2D eigenvalue weighted by Crippen LogP contribution is -1.93. The molecule has 2 aromatic rings. The van der Waals surface area contributed by atoms with E-state index in [4.69, 9.17) is 0 Å². The van der Waals surface area contributed by atoms with Gasteiger partial charge in [0.15, 0.2) is 0 Å². The highest BCUT2D eigenvalue weighted by Gasteiger charge is 2.01. The predicted molar refractivity (Wildman–Crippen MR) is 60.9 cm³/mol. The van der Waals surface area contributed by atoms with Crippen molar-refractivity contribution in [2.45, 2.75) is 0 Å². The van der Waals surface area contributed by atoms with E-state index in [9.17, 15) is 4.79 Å². The van der Waals surface area contributed by atoms with Gasteiger partial charge in [0.05, 0.1) is 0 Å². The van der Waals surface area contributed by atoms with E-state index >= 15 is 0 Å². The number of halogens is 1. The number of rotatable bonds is 3. The Hall–Kier alpha value is -2.23. The molecule has 0 fully saturated rings. The Kier molecular flexibility index (Phi) is 4.15. The number of carbonyl (C=O) groups is 1. The van der Waals surface area contributed by atoms with Crippen LogP contribution in [-0.2, 0) is 0 Å². The predicted octanol–water partition coefficient (Wildman–Crippen LogP) is 2.46. The molecule has 0 atom stereocenters. The quantitative estimate of drug-likeness (QED) is 0.635. The van der Waals surface area contributed by atoms with Crippen LogP contribution in [0.2, 0.25) is 0 Å². The van der Waals surface area contributed by atoms with E-state index in [-0.39, 0.29) is 10.5 Å². The van der Waals surface area contributed by atoms with Crippen LogP contribution in [0.5, 0.6) is 0 Å². The molecule has 1 aromatic carbocycles. The van der Waals surface area contributed by atoms with Gasteiger partial charge in [-0.05, 0) is 17.7 Å². The summed E-state index contributed by atoms with van der Waals surface area (Å²) in [5.41, 5.74) is 1.43. The van der Waals surface area contributed by atoms with Crippen LogP contribution in [0.25, 0.3) is 6.08 Å². The molecule has 1 N–H and O–H groups in total. The fraction of sp³-hybridized carbons (Fsp3) is 0. The maximum Gasteiger partial charge on any atom is 0.206 e. The van der Waals surface area contributed by atoms with Crippen LogP contribution in [0, 0.1) is 0 Å². The van der Waals surface area contributed by atoms with Crippen LogP contribution in [0.1, 0.15) is 16.1 Å². The molecule has 0 saturated heterocycles. The molecule has 82 valence electrons. The molecule has 0 unspecified atom stereocenters. The van der Waals surface area contributed by atoms with Crippen LogP contribution < -0.4 is 0 Å². The number of benzene rings is 1. The standard InChI is InChI=1S/C12H10N2O.FH/c15-12(11-8-9-13-14-11)7-6-10-4-2-1-3-5-10;/h1-9H,(H,13,14);1H. The Balaban J connectivity index is 0.00000128. The number of nitrogens with one attached hydrogen (secondary N) is 1. The Morgan fingerprint density at radius 2 is 1.94 bits per heavy atom. The molecular weight excluding hydrogens is 207 g/mol. The van der Waals surface area contributed by atoms with Crippen molar-refractivity contribution in [3.8, 4) is 0 Å². The molecule has 1 aromatic heterocycles. The minimum Gasteiger partial charge on any atom is -0.287 e. The molecule has 0 saturated carbocycles. The van der Waals surface area contributed by atoms with Gasteiger partial charge in [-0.25, -0.2) is 0 Å². The average Bonchev–Trinajstić information content (AvgIpc) is 2.81. The molecule has 4 heteroatoms. The van der Waals surface area contributed by atoms with Crippen LogP contribution in [0.15, 0.2) is 48.7 Å². The molecular formula is C12H11FN2O.